The molecule has 1 unspecified atom stereocenters. The fourth-order valence-electron chi connectivity index (χ4n) is 2.32. The van der Waals surface area contributed by atoms with Crippen molar-refractivity contribution >= 4 is 5.96 Å². The molecule has 0 aliphatic carbocycles. The second-order valence-electron chi connectivity index (χ2n) is 5.82. The van der Waals surface area contributed by atoms with Crippen LogP contribution in [0, 0.1) is 12.7 Å². The molecule has 1 aromatic heterocycles. The molecule has 0 bridgehead atoms. The fourth-order valence-corrected chi connectivity index (χ4v) is 2.32. The van der Waals surface area contributed by atoms with Crippen LogP contribution in [0.5, 0.6) is 5.75 Å². The summed E-state index contributed by atoms with van der Waals surface area (Å²) >= 11 is 0. The van der Waals surface area contributed by atoms with Crippen LogP contribution in [-0.4, -0.2) is 42.3 Å². The first-order valence-electron chi connectivity index (χ1n) is 8.76. The third kappa shape index (κ3) is 6.70. The maximum Gasteiger partial charge on any atom is 0.226 e. The summed E-state index contributed by atoms with van der Waals surface area (Å²) in [5.74, 6) is 2.19. The number of benzene rings is 1. The number of nitrogens with zero attached hydrogens (tertiary/aromatic N) is 3. The van der Waals surface area contributed by atoms with Gasteiger partial charge in [0.2, 0.25) is 5.89 Å². The van der Waals surface area contributed by atoms with E-state index in [0.717, 1.165) is 19.4 Å². The van der Waals surface area contributed by atoms with Crippen molar-refractivity contribution < 1.29 is 13.7 Å². The van der Waals surface area contributed by atoms with Gasteiger partial charge in [0.1, 0.15) is 17.7 Å². The summed E-state index contributed by atoms with van der Waals surface area (Å²) < 4.78 is 24.1. The van der Waals surface area contributed by atoms with Crippen LogP contribution in [0.2, 0.25) is 0 Å². The summed E-state index contributed by atoms with van der Waals surface area (Å²) in [6.07, 6.45) is 2.26. The van der Waals surface area contributed by atoms with Gasteiger partial charge in [-0.3, -0.25) is 4.99 Å². The maximum absolute atomic E-state index is 13.2. The van der Waals surface area contributed by atoms with E-state index in [9.17, 15) is 4.39 Å². The molecule has 26 heavy (non-hydrogen) atoms. The first kappa shape index (κ1) is 19.7. The molecule has 0 aliphatic heterocycles. The molecule has 0 radical (unpaired) electrons. The van der Waals surface area contributed by atoms with E-state index in [1.54, 1.807) is 26.1 Å². The zero-order valence-corrected chi connectivity index (χ0v) is 15.5. The summed E-state index contributed by atoms with van der Waals surface area (Å²) in [5, 5.41) is 10.2. The van der Waals surface area contributed by atoms with Gasteiger partial charge in [0.15, 0.2) is 11.8 Å². The summed E-state index contributed by atoms with van der Waals surface area (Å²) in [7, 11) is 1.71. The van der Waals surface area contributed by atoms with Crippen LogP contribution in [0.25, 0.3) is 0 Å². The second kappa shape index (κ2) is 10.4. The van der Waals surface area contributed by atoms with Crippen LogP contribution < -0.4 is 15.4 Å². The lowest BCUT2D eigenvalue weighted by atomic mass is 10.2. The van der Waals surface area contributed by atoms with Crippen molar-refractivity contribution in [2.75, 3.05) is 20.1 Å². The van der Waals surface area contributed by atoms with Crippen molar-refractivity contribution in [3.63, 3.8) is 0 Å². The standard InChI is InChI=1S/C18H26FN5O2/c1-4-15(25-16-8-5-7-14(19)11-16)12-22-18(20-3)21-10-6-9-17-23-13(2)24-26-17/h5,7-8,11,15H,4,6,9-10,12H2,1-3H3,(H2,20,21,22). The Morgan fingerprint density at radius 2 is 2.23 bits per heavy atom. The molecule has 0 aliphatic rings. The van der Waals surface area contributed by atoms with E-state index in [-0.39, 0.29) is 11.9 Å². The van der Waals surface area contributed by atoms with E-state index in [1.807, 2.05) is 6.92 Å². The van der Waals surface area contributed by atoms with E-state index in [4.69, 9.17) is 9.26 Å². The van der Waals surface area contributed by atoms with Crippen molar-refractivity contribution in [3.8, 4) is 5.75 Å². The molecule has 2 aromatic rings. The minimum Gasteiger partial charge on any atom is -0.489 e. The van der Waals surface area contributed by atoms with Crippen molar-refractivity contribution in [2.45, 2.75) is 39.2 Å². The van der Waals surface area contributed by atoms with Gasteiger partial charge in [0.05, 0.1) is 6.54 Å². The Hall–Kier alpha value is -2.64. The summed E-state index contributed by atoms with van der Waals surface area (Å²) in [5.41, 5.74) is 0. The zero-order valence-electron chi connectivity index (χ0n) is 15.5. The number of aliphatic imine (C=N–C) groups is 1. The Balaban J connectivity index is 1.70. The number of ether oxygens (including phenoxy) is 1. The first-order chi connectivity index (χ1) is 12.6. The Labute approximate surface area is 153 Å². The van der Waals surface area contributed by atoms with E-state index in [1.165, 1.54) is 12.1 Å². The molecule has 7 nitrogen and oxygen atoms in total. The van der Waals surface area contributed by atoms with E-state index in [0.29, 0.717) is 36.4 Å². The Morgan fingerprint density at radius 1 is 1.38 bits per heavy atom. The predicted molar refractivity (Wildman–Crippen MR) is 97.8 cm³/mol. The molecular weight excluding hydrogens is 337 g/mol. The number of aryl methyl sites for hydroxylation is 2. The van der Waals surface area contributed by atoms with Crippen molar-refractivity contribution in [3.05, 3.63) is 41.8 Å². The lowest BCUT2D eigenvalue weighted by Crippen LogP contribution is -2.42. The number of hydrogen-bond donors (Lipinski definition) is 2. The molecule has 1 heterocycles. The van der Waals surface area contributed by atoms with Gasteiger partial charge in [-0.15, -0.1) is 0 Å². The van der Waals surface area contributed by atoms with Crippen LogP contribution in [0.1, 0.15) is 31.5 Å². The normalized spacial score (nSPS) is 12.7. The highest BCUT2D eigenvalue weighted by molar-refractivity contribution is 5.79. The predicted octanol–water partition coefficient (Wildman–Crippen LogP) is 2.47. The fraction of sp³-hybridized carbons (Fsp3) is 0.500. The van der Waals surface area contributed by atoms with Gasteiger partial charge in [-0.05, 0) is 31.9 Å². The number of hydrogen-bond acceptors (Lipinski definition) is 5. The number of guanidine groups is 1. The van der Waals surface area contributed by atoms with Crippen molar-refractivity contribution in [2.24, 2.45) is 4.99 Å². The molecule has 2 N–H and O–H groups in total. The van der Waals surface area contributed by atoms with Gasteiger partial charge in [-0.1, -0.05) is 18.1 Å². The quantitative estimate of drug-likeness (QED) is 0.404. The summed E-state index contributed by atoms with van der Waals surface area (Å²) in [6.45, 7) is 5.11. The lowest BCUT2D eigenvalue weighted by Gasteiger charge is -2.20. The average molecular weight is 363 g/mol. The number of halogens is 1. The van der Waals surface area contributed by atoms with Gasteiger partial charge in [0.25, 0.3) is 0 Å². The molecular formula is C18H26FN5O2. The zero-order chi connectivity index (χ0) is 18.8. The van der Waals surface area contributed by atoms with Crippen LogP contribution in [0.15, 0.2) is 33.8 Å². The summed E-state index contributed by atoms with van der Waals surface area (Å²) in [4.78, 5) is 8.36. The number of rotatable bonds is 9. The van der Waals surface area contributed by atoms with E-state index >= 15 is 0 Å². The van der Waals surface area contributed by atoms with Crippen LogP contribution in [0.4, 0.5) is 4.39 Å². The number of aromatic nitrogens is 2. The van der Waals surface area contributed by atoms with Crippen molar-refractivity contribution in [1.29, 1.82) is 0 Å². The minimum atomic E-state index is -0.306. The molecule has 2 rings (SSSR count). The molecule has 1 aromatic carbocycles. The van der Waals surface area contributed by atoms with Crippen LogP contribution in [-0.2, 0) is 6.42 Å². The molecule has 0 fully saturated rings. The van der Waals surface area contributed by atoms with Crippen LogP contribution in [0.3, 0.4) is 0 Å². The molecule has 0 saturated carbocycles. The topological polar surface area (TPSA) is 84.6 Å². The second-order valence-corrected chi connectivity index (χ2v) is 5.82. The van der Waals surface area contributed by atoms with E-state index < -0.39 is 0 Å². The van der Waals surface area contributed by atoms with Gasteiger partial charge >= 0.3 is 0 Å². The highest BCUT2D eigenvalue weighted by atomic mass is 19.1. The molecule has 0 saturated heterocycles. The smallest absolute Gasteiger partial charge is 0.226 e. The maximum atomic E-state index is 13.2. The van der Waals surface area contributed by atoms with Crippen LogP contribution >= 0.6 is 0 Å². The number of nitrogens with one attached hydrogen (secondary N) is 2. The van der Waals surface area contributed by atoms with Gasteiger partial charge < -0.3 is 19.9 Å². The minimum absolute atomic E-state index is 0.0864. The van der Waals surface area contributed by atoms with Gasteiger partial charge in [-0.2, -0.15) is 4.98 Å². The molecule has 142 valence electrons. The molecule has 1 atom stereocenters. The monoisotopic (exact) mass is 363 g/mol. The lowest BCUT2D eigenvalue weighted by molar-refractivity contribution is 0.199. The van der Waals surface area contributed by atoms with Gasteiger partial charge in [0, 0.05) is 26.1 Å². The summed E-state index contributed by atoms with van der Waals surface area (Å²) in [6, 6.07) is 6.16. The largest absolute Gasteiger partial charge is 0.489 e. The molecule has 0 spiro atoms. The van der Waals surface area contributed by atoms with Crippen molar-refractivity contribution in [1.82, 2.24) is 20.8 Å². The highest BCUT2D eigenvalue weighted by Gasteiger charge is 2.10. The van der Waals surface area contributed by atoms with Gasteiger partial charge in [-0.25, -0.2) is 4.39 Å². The van der Waals surface area contributed by atoms with E-state index in [2.05, 4.69) is 25.8 Å². The Kier molecular flexibility index (Phi) is 7.85. The SMILES string of the molecule is CCC(CNC(=NC)NCCCc1nc(C)no1)Oc1cccc(F)c1. The molecule has 0 amide bonds. The molecule has 8 heteroatoms. The third-order valence-electron chi connectivity index (χ3n) is 3.70. The Bertz CT molecular complexity index is 704. The Morgan fingerprint density at radius 3 is 2.88 bits per heavy atom. The third-order valence-corrected chi connectivity index (χ3v) is 3.70. The average Bonchev–Trinajstić information content (AvgIpc) is 3.05. The first-order valence-corrected chi connectivity index (χ1v) is 8.76. The highest BCUT2D eigenvalue weighted by Crippen LogP contribution is 2.14.